The maximum atomic E-state index is 11.6. The molecule has 1 saturated carbocycles. The molecule has 0 spiro atoms. The Bertz CT molecular complexity index is 209. The number of hydrogen-bond acceptors (Lipinski definition) is 3. The highest BCUT2D eigenvalue weighted by molar-refractivity contribution is 5.72. The van der Waals surface area contributed by atoms with Crippen LogP contribution in [0.25, 0.3) is 0 Å². The summed E-state index contributed by atoms with van der Waals surface area (Å²) in [5, 5.41) is 9.08. The maximum Gasteiger partial charge on any atom is 0.308 e. The number of aliphatic hydroxyl groups is 1. The van der Waals surface area contributed by atoms with Crippen LogP contribution in [-0.4, -0.2) is 23.3 Å². The van der Waals surface area contributed by atoms with Crippen LogP contribution < -0.4 is 0 Å². The first-order valence-electron chi connectivity index (χ1n) is 6.52. The van der Waals surface area contributed by atoms with Crippen LogP contribution in [0.4, 0.5) is 0 Å². The largest absolute Gasteiger partial charge is 0.462 e. The molecule has 0 radical (unpaired) electrons. The fourth-order valence-electron chi connectivity index (χ4n) is 1.91. The third-order valence-corrected chi connectivity index (χ3v) is 3.25. The molecule has 94 valence electrons. The van der Waals surface area contributed by atoms with E-state index in [1.807, 2.05) is 6.92 Å². The van der Waals surface area contributed by atoms with Crippen LogP contribution >= 0.6 is 0 Å². The van der Waals surface area contributed by atoms with Gasteiger partial charge in [-0.25, -0.2) is 0 Å². The Hall–Kier alpha value is -0.570. The zero-order valence-electron chi connectivity index (χ0n) is 10.4. The minimum absolute atomic E-state index is 0.00889. The van der Waals surface area contributed by atoms with Gasteiger partial charge in [0.1, 0.15) is 6.10 Å². The topological polar surface area (TPSA) is 46.5 Å². The van der Waals surface area contributed by atoms with E-state index >= 15 is 0 Å². The summed E-state index contributed by atoms with van der Waals surface area (Å²) in [7, 11) is 0. The second-order valence-corrected chi connectivity index (χ2v) is 4.93. The normalized spacial score (nSPS) is 25.9. The molecule has 0 heterocycles. The third-order valence-electron chi connectivity index (χ3n) is 3.25. The lowest BCUT2D eigenvalue weighted by molar-refractivity contribution is -0.163. The summed E-state index contributed by atoms with van der Waals surface area (Å²) in [5.41, 5.74) is 0. The molecule has 1 N–H and O–H groups in total. The predicted molar refractivity (Wildman–Crippen MR) is 63.0 cm³/mol. The van der Waals surface area contributed by atoms with Crippen molar-refractivity contribution in [3.05, 3.63) is 0 Å². The molecule has 0 amide bonds. The minimum Gasteiger partial charge on any atom is -0.462 e. The fourth-order valence-corrected chi connectivity index (χ4v) is 1.91. The average Bonchev–Trinajstić information content (AvgIpc) is 2.21. The van der Waals surface area contributed by atoms with Gasteiger partial charge in [0.05, 0.1) is 12.0 Å². The standard InChI is InChI=1S/C13H24O3/c1-3-4-5-6-7-10(2)13(15)16-12-8-11(14)9-12/h10-12,14H,3-9H2,1-2H3/t10?,11-,12-. The predicted octanol–water partition coefficient (Wildman–Crippen LogP) is 2.66. The summed E-state index contributed by atoms with van der Waals surface area (Å²) in [6.45, 7) is 4.11. The van der Waals surface area contributed by atoms with Crippen molar-refractivity contribution in [1.29, 1.82) is 0 Å². The Labute approximate surface area is 98.2 Å². The number of esters is 1. The van der Waals surface area contributed by atoms with Crippen molar-refractivity contribution < 1.29 is 14.6 Å². The maximum absolute atomic E-state index is 11.6. The van der Waals surface area contributed by atoms with Gasteiger partial charge in [0.2, 0.25) is 0 Å². The molecule has 1 aliphatic carbocycles. The van der Waals surface area contributed by atoms with Gasteiger partial charge < -0.3 is 9.84 Å². The molecule has 0 aliphatic heterocycles. The highest BCUT2D eigenvalue weighted by atomic mass is 16.5. The Balaban J connectivity index is 2.06. The van der Waals surface area contributed by atoms with Crippen molar-refractivity contribution in [2.24, 2.45) is 5.92 Å². The van der Waals surface area contributed by atoms with E-state index in [1.54, 1.807) is 0 Å². The van der Waals surface area contributed by atoms with Crippen LogP contribution in [0.1, 0.15) is 58.8 Å². The average molecular weight is 228 g/mol. The zero-order chi connectivity index (χ0) is 12.0. The second-order valence-electron chi connectivity index (χ2n) is 4.93. The molecule has 0 aromatic carbocycles. The van der Waals surface area contributed by atoms with Gasteiger partial charge >= 0.3 is 5.97 Å². The first kappa shape index (κ1) is 13.5. The van der Waals surface area contributed by atoms with E-state index in [4.69, 9.17) is 9.84 Å². The first-order valence-corrected chi connectivity index (χ1v) is 6.52. The summed E-state index contributed by atoms with van der Waals surface area (Å²) < 4.78 is 5.28. The SMILES string of the molecule is CCCCCCC(C)C(=O)O[C@H]1C[C@H](O)C1. The highest BCUT2D eigenvalue weighted by Gasteiger charge is 2.31. The van der Waals surface area contributed by atoms with Crippen LogP contribution in [0.15, 0.2) is 0 Å². The van der Waals surface area contributed by atoms with Gasteiger partial charge in [0, 0.05) is 12.8 Å². The summed E-state index contributed by atoms with van der Waals surface area (Å²) in [6, 6.07) is 0. The Morgan fingerprint density at radius 2 is 2.06 bits per heavy atom. The van der Waals surface area contributed by atoms with E-state index in [9.17, 15) is 4.79 Å². The second kappa shape index (κ2) is 6.89. The first-order chi connectivity index (χ1) is 7.63. The molecule has 1 atom stereocenters. The molecule has 1 unspecified atom stereocenters. The van der Waals surface area contributed by atoms with E-state index in [-0.39, 0.29) is 24.1 Å². The Kier molecular flexibility index (Phi) is 5.81. The van der Waals surface area contributed by atoms with Gasteiger partial charge in [-0.15, -0.1) is 0 Å². The van der Waals surface area contributed by atoms with Crippen molar-refractivity contribution in [2.75, 3.05) is 0 Å². The summed E-state index contributed by atoms with van der Waals surface area (Å²) in [6.07, 6.45) is 6.66. The van der Waals surface area contributed by atoms with Crippen LogP contribution in [0.3, 0.4) is 0 Å². The van der Waals surface area contributed by atoms with Crippen molar-refractivity contribution in [3.8, 4) is 0 Å². The number of ether oxygens (including phenoxy) is 1. The third kappa shape index (κ3) is 4.52. The molecule has 0 saturated heterocycles. The molecular formula is C13H24O3. The minimum atomic E-state index is -0.252. The Morgan fingerprint density at radius 1 is 1.38 bits per heavy atom. The smallest absolute Gasteiger partial charge is 0.308 e. The fraction of sp³-hybridized carbons (Fsp3) is 0.923. The van der Waals surface area contributed by atoms with Crippen molar-refractivity contribution in [1.82, 2.24) is 0 Å². The van der Waals surface area contributed by atoms with Gasteiger partial charge in [0.25, 0.3) is 0 Å². The summed E-state index contributed by atoms with van der Waals surface area (Å²) in [4.78, 5) is 11.6. The molecule has 3 nitrogen and oxygen atoms in total. The van der Waals surface area contributed by atoms with E-state index in [1.165, 1.54) is 19.3 Å². The molecule has 0 aromatic rings. The van der Waals surface area contributed by atoms with Crippen LogP contribution in [-0.2, 0) is 9.53 Å². The van der Waals surface area contributed by atoms with Crippen LogP contribution in [0.5, 0.6) is 0 Å². The number of carbonyl (C=O) groups is 1. The molecule has 1 aliphatic rings. The monoisotopic (exact) mass is 228 g/mol. The van der Waals surface area contributed by atoms with Crippen LogP contribution in [0, 0.1) is 5.92 Å². The van der Waals surface area contributed by atoms with Gasteiger partial charge in [-0.1, -0.05) is 39.5 Å². The summed E-state index contributed by atoms with van der Waals surface area (Å²) in [5.74, 6) is -0.0806. The lowest BCUT2D eigenvalue weighted by Gasteiger charge is -2.31. The summed E-state index contributed by atoms with van der Waals surface area (Å²) >= 11 is 0. The quantitative estimate of drug-likeness (QED) is 0.538. The molecule has 0 aromatic heterocycles. The van der Waals surface area contributed by atoms with Gasteiger partial charge in [-0.3, -0.25) is 4.79 Å². The Morgan fingerprint density at radius 3 is 2.62 bits per heavy atom. The molecule has 1 fully saturated rings. The lowest BCUT2D eigenvalue weighted by atomic mass is 9.92. The molecule has 3 heteroatoms. The van der Waals surface area contributed by atoms with E-state index in [2.05, 4.69) is 6.92 Å². The van der Waals surface area contributed by atoms with E-state index in [0.717, 1.165) is 12.8 Å². The number of carbonyl (C=O) groups excluding carboxylic acids is 1. The van der Waals surface area contributed by atoms with Gasteiger partial charge in [-0.2, -0.15) is 0 Å². The highest BCUT2D eigenvalue weighted by Crippen LogP contribution is 2.24. The van der Waals surface area contributed by atoms with Gasteiger partial charge in [0.15, 0.2) is 0 Å². The van der Waals surface area contributed by atoms with E-state index < -0.39 is 0 Å². The molecular weight excluding hydrogens is 204 g/mol. The number of rotatable bonds is 7. The zero-order valence-corrected chi connectivity index (χ0v) is 10.4. The van der Waals surface area contributed by atoms with Crippen molar-refractivity contribution in [3.63, 3.8) is 0 Å². The van der Waals surface area contributed by atoms with Crippen LogP contribution in [0.2, 0.25) is 0 Å². The molecule has 1 rings (SSSR count). The molecule has 16 heavy (non-hydrogen) atoms. The van der Waals surface area contributed by atoms with Crippen molar-refractivity contribution >= 4 is 5.97 Å². The number of unbranched alkanes of at least 4 members (excludes halogenated alkanes) is 3. The van der Waals surface area contributed by atoms with E-state index in [0.29, 0.717) is 12.8 Å². The number of aliphatic hydroxyl groups excluding tert-OH is 1. The van der Waals surface area contributed by atoms with Crippen molar-refractivity contribution in [2.45, 2.75) is 71.0 Å². The molecule has 0 bridgehead atoms. The van der Waals surface area contributed by atoms with Gasteiger partial charge in [-0.05, 0) is 6.42 Å². The lowest BCUT2D eigenvalue weighted by Crippen LogP contribution is -2.38. The number of hydrogen-bond donors (Lipinski definition) is 1.